The van der Waals surface area contributed by atoms with Crippen LogP contribution in [0.2, 0.25) is 0 Å². The van der Waals surface area contributed by atoms with Gasteiger partial charge in [-0.15, -0.1) is 0 Å². The number of rotatable bonds is 7. The lowest BCUT2D eigenvalue weighted by Gasteiger charge is -2.22. The Bertz CT molecular complexity index is 1090. The van der Waals surface area contributed by atoms with Crippen LogP contribution in [0, 0.1) is 0 Å². The fourth-order valence-corrected chi connectivity index (χ4v) is 3.68. The summed E-state index contributed by atoms with van der Waals surface area (Å²) in [5, 5.41) is 7.70. The summed E-state index contributed by atoms with van der Waals surface area (Å²) in [6, 6.07) is 18.8. The van der Waals surface area contributed by atoms with Gasteiger partial charge in [0.15, 0.2) is 0 Å². The summed E-state index contributed by atoms with van der Waals surface area (Å²) in [5.41, 5.74) is 2.09. The minimum absolute atomic E-state index is 0.0377. The number of aromatic nitrogens is 2. The molecule has 0 fully saturated rings. The van der Waals surface area contributed by atoms with E-state index in [-0.39, 0.29) is 23.8 Å². The van der Waals surface area contributed by atoms with E-state index >= 15 is 0 Å². The Hall–Kier alpha value is -2.93. The highest BCUT2D eigenvalue weighted by Gasteiger charge is 2.23. The molecule has 0 bridgehead atoms. The maximum absolute atomic E-state index is 13.0. The standard InChI is InChI=1S/C25H29BrN4O2/c1-5-14-29(24(32)18-10-9-11-19(26)15-18)17-23(31)27-22-16-21(25(2,3)4)28-30(22)20-12-7-6-8-13-20/h6-13,15-16H,5,14,17H2,1-4H3,(H,27,31). The van der Waals surface area contributed by atoms with Gasteiger partial charge in [0, 0.05) is 28.1 Å². The summed E-state index contributed by atoms with van der Waals surface area (Å²) in [6.07, 6.45) is 0.753. The molecule has 0 unspecified atom stereocenters. The van der Waals surface area contributed by atoms with Crippen LogP contribution in [0.5, 0.6) is 0 Å². The molecule has 0 aliphatic rings. The molecule has 1 heterocycles. The zero-order chi connectivity index (χ0) is 23.3. The number of nitrogens with zero attached hydrogens (tertiary/aromatic N) is 3. The Balaban J connectivity index is 1.83. The van der Waals surface area contributed by atoms with Gasteiger partial charge >= 0.3 is 0 Å². The van der Waals surface area contributed by atoms with Gasteiger partial charge in [-0.05, 0) is 36.8 Å². The third-order valence-corrected chi connectivity index (χ3v) is 5.43. The van der Waals surface area contributed by atoms with Crippen molar-refractivity contribution in [2.75, 3.05) is 18.4 Å². The number of amides is 2. The number of hydrogen-bond donors (Lipinski definition) is 1. The summed E-state index contributed by atoms with van der Waals surface area (Å²) >= 11 is 3.40. The second-order valence-corrected chi connectivity index (χ2v) is 9.61. The first-order valence-electron chi connectivity index (χ1n) is 10.7. The molecule has 1 aromatic heterocycles. The van der Waals surface area contributed by atoms with Crippen molar-refractivity contribution in [1.29, 1.82) is 0 Å². The summed E-state index contributed by atoms with van der Waals surface area (Å²) in [4.78, 5) is 27.6. The Morgan fingerprint density at radius 2 is 1.78 bits per heavy atom. The van der Waals surface area contributed by atoms with E-state index in [1.165, 1.54) is 0 Å². The second-order valence-electron chi connectivity index (χ2n) is 8.70. The zero-order valence-electron chi connectivity index (χ0n) is 18.9. The first-order valence-corrected chi connectivity index (χ1v) is 11.5. The van der Waals surface area contributed by atoms with E-state index in [0.717, 1.165) is 22.3 Å². The Kier molecular flexibility index (Phi) is 7.51. The Labute approximate surface area is 197 Å². The predicted octanol–water partition coefficient (Wildman–Crippen LogP) is 5.42. The maximum atomic E-state index is 13.0. The molecule has 6 nitrogen and oxygen atoms in total. The average Bonchev–Trinajstić information content (AvgIpc) is 3.18. The van der Waals surface area contributed by atoms with Crippen LogP contribution in [0.1, 0.15) is 50.2 Å². The van der Waals surface area contributed by atoms with Crippen LogP contribution >= 0.6 is 15.9 Å². The van der Waals surface area contributed by atoms with Gasteiger partial charge in [-0.1, -0.05) is 67.9 Å². The molecule has 0 radical (unpaired) electrons. The third kappa shape index (κ3) is 5.85. The highest BCUT2D eigenvalue weighted by molar-refractivity contribution is 9.10. The van der Waals surface area contributed by atoms with E-state index in [1.807, 2.05) is 55.5 Å². The van der Waals surface area contributed by atoms with E-state index in [9.17, 15) is 9.59 Å². The molecule has 2 aromatic carbocycles. The van der Waals surface area contributed by atoms with Gasteiger partial charge in [-0.25, -0.2) is 4.68 Å². The van der Waals surface area contributed by atoms with Crippen molar-refractivity contribution >= 4 is 33.6 Å². The van der Waals surface area contributed by atoms with Gasteiger partial charge in [-0.3, -0.25) is 9.59 Å². The Morgan fingerprint density at radius 3 is 2.41 bits per heavy atom. The molecule has 0 aliphatic carbocycles. The Morgan fingerprint density at radius 1 is 1.06 bits per heavy atom. The van der Waals surface area contributed by atoms with Crippen molar-refractivity contribution in [2.45, 2.75) is 39.5 Å². The lowest BCUT2D eigenvalue weighted by Crippen LogP contribution is -2.38. The molecule has 0 aliphatic heterocycles. The van der Waals surface area contributed by atoms with E-state index in [0.29, 0.717) is 17.9 Å². The smallest absolute Gasteiger partial charge is 0.254 e. The number of hydrogen-bond acceptors (Lipinski definition) is 3. The van der Waals surface area contributed by atoms with Gasteiger partial charge in [0.05, 0.1) is 11.4 Å². The number of nitrogens with one attached hydrogen (secondary N) is 1. The lowest BCUT2D eigenvalue weighted by molar-refractivity contribution is -0.116. The van der Waals surface area contributed by atoms with Crippen LogP contribution in [-0.2, 0) is 10.2 Å². The molecule has 3 aromatic rings. The molecule has 32 heavy (non-hydrogen) atoms. The van der Waals surface area contributed by atoms with Gasteiger partial charge in [0.2, 0.25) is 5.91 Å². The number of para-hydroxylation sites is 1. The molecular weight excluding hydrogens is 468 g/mol. The zero-order valence-corrected chi connectivity index (χ0v) is 20.5. The monoisotopic (exact) mass is 496 g/mol. The number of benzene rings is 2. The molecule has 0 atom stereocenters. The average molecular weight is 497 g/mol. The van der Waals surface area contributed by atoms with E-state index in [2.05, 4.69) is 42.0 Å². The second kappa shape index (κ2) is 10.1. The van der Waals surface area contributed by atoms with Crippen LogP contribution in [0.25, 0.3) is 5.69 Å². The molecule has 3 rings (SSSR count). The molecule has 2 amide bonds. The third-order valence-electron chi connectivity index (χ3n) is 4.93. The first kappa shape index (κ1) is 23.7. The van der Waals surface area contributed by atoms with Gasteiger partial charge in [0.1, 0.15) is 12.4 Å². The molecule has 0 spiro atoms. The highest BCUT2D eigenvalue weighted by atomic mass is 79.9. The van der Waals surface area contributed by atoms with Gasteiger partial charge in [-0.2, -0.15) is 5.10 Å². The van der Waals surface area contributed by atoms with Crippen molar-refractivity contribution < 1.29 is 9.59 Å². The molecule has 0 saturated heterocycles. The number of anilines is 1. The van der Waals surface area contributed by atoms with Crippen molar-refractivity contribution in [3.05, 3.63) is 76.4 Å². The molecule has 168 valence electrons. The largest absolute Gasteiger partial charge is 0.329 e. The van der Waals surface area contributed by atoms with Crippen LogP contribution in [0.4, 0.5) is 5.82 Å². The van der Waals surface area contributed by atoms with Gasteiger partial charge < -0.3 is 10.2 Å². The fraction of sp³-hybridized carbons (Fsp3) is 0.320. The van der Waals surface area contributed by atoms with Crippen LogP contribution in [0.15, 0.2) is 65.1 Å². The van der Waals surface area contributed by atoms with Crippen molar-refractivity contribution in [3.63, 3.8) is 0 Å². The SMILES string of the molecule is CCCN(CC(=O)Nc1cc(C(C)(C)C)nn1-c1ccccc1)C(=O)c1cccc(Br)c1. The van der Waals surface area contributed by atoms with Crippen LogP contribution in [-0.4, -0.2) is 39.6 Å². The quantitative estimate of drug-likeness (QED) is 0.474. The minimum Gasteiger partial charge on any atom is -0.329 e. The fourth-order valence-electron chi connectivity index (χ4n) is 3.28. The van der Waals surface area contributed by atoms with E-state index in [4.69, 9.17) is 5.10 Å². The van der Waals surface area contributed by atoms with E-state index in [1.54, 1.807) is 21.7 Å². The van der Waals surface area contributed by atoms with Gasteiger partial charge in [0.25, 0.3) is 5.91 Å². The number of carbonyl (C=O) groups is 2. The van der Waals surface area contributed by atoms with Crippen molar-refractivity contribution in [3.8, 4) is 5.69 Å². The highest BCUT2D eigenvalue weighted by Crippen LogP contribution is 2.26. The number of halogens is 1. The van der Waals surface area contributed by atoms with Crippen LogP contribution in [0.3, 0.4) is 0 Å². The van der Waals surface area contributed by atoms with Crippen molar-refractivity contribution in [1.82, 2.24) is 14.7 Å². The first-order chi connectivity index (χ1) is 15.2. The summed E-state index contributed by atoms with van der Waals surface area (Å²) in [5.74, 6) is 0.145. The topological polar surface area (TPSA) is 67.2 Å². The summed E-state index contributed by atoms with van der Waals surface area (Å²) < 4.78 is 2.56. The minimum atomic E-state index is -0.265. The molecular formula is C25H29BrN4O2. The molecule has 0 saturated carbocycles. The predicted molar refractivity (Wildman–Crippen MR) is 131 cm³/mol. The van der Waals surface area contributed by atoms with E-state index < -0.39 is 0 Å². The van der Waals surface area contributed by atoms with Crippen LogP contribution < -0.4 is 5.32 Å². The van der Waals surface area contributed by atoms with Crippen molar-refractivity contribution in [2.24, 2.45) is 0 Å². The molecule has 7 heteroatoms. The lowest BCUT2D eigenvalue weighted by atomic mass is 9.92. The summed E-state index contributed by atoms with van der Waals surface area (Å²) in [7, 11) is 0. The molecule has 1 N–H and O–H groups in total. The maximum Gasteiger partial charge on any atom is 0.254 e. The normalized spacial score (nSPS) is 11.3. The number of carbonyl (C=O) groups excluding carboxylic acids is 2. The summed E-state index contributed by atoms with van der Waals surface area (Å²) in [6.45, 7) is 8.68.